The molecule has 1 nitrogen and oxygen atoms in total. The second-order valence-corrected chi connectivity index (χ2v) is 7.43. The van der Waals surface area contributed by atoms with Crippen LogP contribution < -0.4 is 0 Å². The zero-order chi connectivity index (χ0) is 7.49. The fraction of sp³-hybridized carbons (Fsp3) is 1.00. The van der Waals surface area contributed by atoms with Crippen molar-refractivity contribution in [2.75, 3.05) is 0 Å². The van der Waals surface area contributed by atoms with Gasteiger partial charge in [-0.3, -0.25) is 0 Å². The molecule has 0 spiro atoms. The van der Waals surface area contributed by atoms with Gasteiger partial charge in [-0.2, -0.15) is 0 Å². The van der Waals surface area contributed by atoms with Gasteiger partial charge in [0.1, 0.15) is 0 Å². The normalized spacial score (nSPS) is 21.0. The minimum atomic E-state index is -1.78. The molecule has 0 saturated carbocycles. The van der Waals surface area contributed by atoms with E-state index in [9.17, 15) is 4.80 Å². The van der Waals surface area contributed by atoms with E-state index < -0.39 is 8.32 Å². The Kier molecular flexibility index (Phi) is 3.44. The Bertz CT molecular complexity index is 81.0. The van der Waals surface area contributed by atoms with E-state index in [0.717, 1.165) is 12.5 Å². The van der Waals surface area contributed by atoms with Crippen LogP contribution in [0.4, 0.5) is 0 Å². The molecule has 0 aliphatic rings. The Morgan fingerprint density at radius 3 is 2.00 bits per heavy atom. The Hall–Kier alpha value is 0.177. The first-order chi connectivity index (χ1) is 4.04. The topological polar surface area (TPSA) is 20.2 Å². The lowest BCUT2D eigenvalue weighted by atomic mass is 10.4. The first-order valence-corrected chi connectivity index (χ1v) is 6.50. The van der Waals surface area contributed by atoms with E-state index in [1.165, 1.54) is 0 Å². The number of hydrogen-bond acceptors (Lipinski definition) is 1. The summed E-state index contributed by atoms with van der Waals surface area (Å²) in [5.74, 6) is 0. The van der Waals surface area contributed by atoms with Gasteiger partial charge >= 0.3 is 0 Å². The average Bonchev–Trinajstić information content (AvgIpc) is 1.86. The Balaban J connectivity index is 3.80. The van der Waals surface area contributed by atoms with Crippen LogP contribution in [0.1, 0.15) is 27.2 Å². The summed E-state index contributed by atoms with van der Waals surface area (Å²) in [6.07, 6.45) is 1.12. The molecule has 0 amide bonds. The second-order valence-electron chi connectivity index (χ2n) is 3.02. The van der Waals surface area contributed by atoms with Crippen molar-refractivity contribution in [1.29, 1.82) is 0 Å². The molecule has 2 atom stereocenters. The summed E-state index contributed by atoms with van der Waals surface area (Å²) in [6.45, 7) is 8.41. The largest absolute Gasteiger partial charge is 0.432 e. The third kappa shape index (κ3) is 2.50. The van der Waals surface area contributed by atoms with Crippen LogP contribution in [0.15, 0.2) is 0 Å². The molecular formula is C7H18OSi. The van der Waals surface area contributed by atoms with E-state index in [1.807, 2.05) is 6.55 Å². The Labute approximate surface area is 59.2 Å². The van der Waals surface area contributed by atoms with Gasteiger partial charge in [0.25, 0.3) is 0 Å². The lowest BCUT2D eigenvalue weighted by Gasteiger charge is -2.24. The minimum absolute atomic E-state index is 0.558. The average molecular weight is 146 g/mol. The summed E-state index contributed by atoms with van der Waals surface area (Å²) in [7, 11) is -1.78. The zero-order valence-electron chi connectivity index (χ0n) is 6.94. The van der Waals surface area contributed by atoms with Crippen molar-refractivity contribution in [3.63, 3.8) is 0 Å². The van der Waals surface area contributed by atoms with Crippen LogP contribution in [0.5, 0.6) is 0 Å². The highest BCUT2D eigenvalue weighted by molar-refractivity contribution is 6.72. The summed E-state index contributed by atoms with van der Waals surface area (Å²) in [5, 5.41) is 0. The standard InChI is InChI=1S/C7H18OSi/c1-5-7(3)9(4,8)6-2/h7-8H,5-6H2,1-4H3. The molecule has 0 saturated heterocycles. The van der Waals surface area contributed by atoms with Gasteiger partial charge in [-0.1, -0.05) is 27.2 Å². The fourth-order valence-electron chi connectivity index (χ4n) is 0.788. The van der Waals surface area contributed by atoms with Crippen LogP contribution in [0.3, 0.4) is 0 Å². The molecule has 0 radical (unpaired) electrons. The highest BCUT2D eigenvalue weighted by Crippen LogP contribution is 2.24. The molecule has 0 aromatic carbocycles. The molecule has 0 rings (SSSR count). The van der Waals surface area contributed by atoms with E-state index >= 15 is 0 Å². The third-order valence-corrected chi connectivity index (χ3v) is 6.35. The summed E-state index contributed by atoms with van der Waals surface area (Å²) >= 11 is 0. The van der Waals surface area contributed by atoms with Crippen LogP contribution in [-0.4, -0.2) is 13.1 Å². The molecule has 9 heavy (non-hydrogen) atoms. The van der Waals surface area contributed by atoms with Gasteiger partial charge in [0.2, 0.25) is 0 Å². The van der Waals surface area contributed by atoms with Crippen molar-refractivity contribution in [3.8, 4) is 0 Å². The molecule has 0 aliphatic heterocycles. The molecular weight excluding hydrogens is 128 g/mol. The predicted molar refractivity (Wildman–Crippen MR) is 44.0 cm³/mol. The van der Waals surface area contributed by atoms with Gasteiger partial charge < -0.3 is 4.80 Å². The van der Waals surface area contributed by atoms with E-state index in [2.05, 4.69) is 20.8 Å². The smallest absolute Gasteiger partial charge is 0.188 e. The van der Waals surface area contributed by atoms with Gasteiger partial charge in [0.15, 0.2) is 8.32 Å². The van der Waals surface area contributed by atoms with Gasteiger partial charge in [0, 0.05) is 0 Å². The maximum Gasteiger partial charge on any atom is 0.188 e. The highest BCUT2D eigenvalue weighted by atomic mass is 28.4. The first kappa shape index (κ1) is 9.18. The monoisotopic (exact) mass is 146 g/mol. The molecule has 2 heteroatoms. The van der Waals surface area contributed by atoms with E-state index in [-0.39, 0.29) is 0 Å². The summed E-state index contributed by atoms with van der Waals surface area (Å²) in [6, 6.07) is 0.988. The zero-order valence-corrected chi connectivity index (χ0v) is 7.94. The molecule has 56 valence electrons. The number of rotatable bonds is 3. The molecule has 0 aromatic heterocycles. The van der Waals surface area contributed by atoms with E-state index in [0.29, 0.717) is 5.54 Å². The van der Waals surface area contributed by atoms with Crippen LogP contribution >= 0.6 is 0 Å². The van der Waals surface area contributed by atoms with Gasteiger partial charge in [-0.25, -0.2) is 0 Å². The molecule has 2 unspecified atom stereocenters. The maximum absolute atomic E-state index is 9.73. The van der Waals surface area contributed by atoms with Crippen molar-refractivity contribution in [2.24, 2.45) is 0 Å². The van der Waals surface area contributed by atoms with Crippen LogP contribution in [0.25, 0.3) is 0 Å². The molecule has 0 heterocycles. The maximum atomic E-state index is 9.73. The lowest BCUT2D eigenvalue weighted by Crippen LogP contribution is -2.33. The minimum Gasteiger partial charge on any atom is -0.432 e. The van der Waals surface area contributed by atoms with Crippen molar-refractivity contribution in [1.82, 2.24) is 0 Å². The Morgan fingerprint density at radius 1 is 1.44 bits per heavy atom. The molecule has 0 aromatic rings. The van der Waals surface area contributed by atoms with Crippen molar-refractivity contribution in [3.05, 3.63) is 0 Å². The summed E-state index contributed by atoms with van der Waals surface area (Å²) in [4.78, 5) is 9.73. The molecule has 1 N–H and O–H groups in total. The quantitative estimate of drug-likeness (QED) is 0.606. The van der Waals surface area contributed by atoms with Crippen LogP contribution in [-0.2, 0) is 0 Å². The van der Waals surface area contributed by atoms with Gasteiger partial charge in [0.05, 0.1) is 0 Å². The van der Waals surface area contributed by atoms with Gasteiger partial charge in [-0.15, -0.1) is 0 Å². The SMILES string of the molecule is CCC(C)[Si](C)(O)CC. The van der Waals surface area contributed by atoms with Crippen LogP contribution in [0.2, 0.25) is 18.1 Å². The van der Waals surface area contributed by atoms with Gasteiger partial charge in [-0.05, 0) is 18.1 Å². The fourth-order valence-corrected chi connectivity index (χ4v) is 2.36. The molecule has 0 fully saturated rings. The third-order valence-electron chi connectivity index (χ3n) is 2.39. The summed E-state index contributed by atoms with van der Waals surface area (Å²) in [5.41, 5.74) is 0.558. The second kappa shape index (κ2) is 3.37. The van der Waals surface area contributed by atoms with E-state index in [4.69, 9.17) is 0 Å². The number of hydrogen-bond donors (Lipinski definition) is 1. The first-order valence-electron chi connectivity index (χ1n) is 3.77. The molecule has 0 aliphatic carbocycles. The van der Waals surface area contributed by atoms with Crippen molar-refractivity contribution in [2.45, 2.75) is 45.3 Å². The lowest BCUT2D eigenvalue weighted by molar-refractivity contribution is 0.512. The summed E-state index contributed by atoms with van der Waals surface area (Å²) < 4.78 is 0. The van der Waals surface area contributed by atoms with Crippen LogP contribution in [0, 0.1) is 0 Å². The van der Waals surface area contributed by atoms with Crippen molar-refractivity contribution >= 4 is 8.32 Å². The Morgan fingerprint density at radius 2 is 1.89 bits per heavy atom. The van der Waals surface area contributed by atoms with Crippen molar-refractivity contribution < 1.29 is 4.80 Å². The molecule has 0 bridgehead atoms. The van der Waals surface area contributed by atoms with E-state index in [1.54, 1.807) is 0 Å². The predicted octanol–water partition coefficient (Wildman–Crippen LogP) is 2.37. The highest BCUT2D eigenvalue weighted by Gasteiger charge is 2.27.